The van der Waals surface area contributed by atoms with E-state index in [1.807, 2.05) is 60.4 Å². The topological polar surface area (TPSA) is 62.3 Å². The Morgan fingerprint density at radius 2 is 1.78 bits per heavy atom. The summed E-state index contributed by atoms with van der Waals surface area (Å²) < 4.78 is 0. The highest BCUT2D eigenvalue weighted by atomic mass is 32.1. The molecule has 1 aliphatic heterocycles. The van der Waals surface area contributed by atoms with Crippen molar-refractivity contribution in [1.82, 2.24) is 4.98 Å². The first kappa shape index (κ1) is 24.9. The van der Waals surface area contributed by atoms with Crippen LogP contribution in [0.5, 0.6) is 0 Å². The fourth-order valence-electron chi connectivity index (χ4n) is 4.97. The van der Waals surface area contributed by atoms with Gasteiger partial charge in [0.1, 0.15) is 0 Å². The molecule has 0 spiro atoms. The summed E-state index contributed by atoms with van der Waals surface area (Å²) >= 11 is 1.49. The second-order valence-electron chi connectivity index (χ2n) is 9.38. The van der Waals surface area contributed by atoms with E-state index in [-0.39, 0.29) is 11.8 Å². The molecule has 0 radical (unpaired) electrons. The maximum atomic E-state index is 13.3. The van der Waals surface area contributed by atoms with Crippen LogP contribution >= 0.6 is 11.3 Å². The zero-order chi connectivity index (χ0) is 25.9. The van der Waals surface area contributed by atoms with E-state index in [1.54, 1.807) is 0 Å². The summed E-state index contributed by atoms with van der Waals surface area (Å²) in [5.74, 6) is -0.00715. The lowest BCUT2D eigenvalue weighted by molar-refractivity contribution is -0.115. The molecule has 188 valence electrons. The van der Waals surface area contributed by atoms with Gasteiger partial charge >= 0.3 is 0 Å². The molecule has 0 atom stereocenters. The summed E-state index contributed by atoms with van der Waals surface area (Å²) in [6, 6.07) is 22.2. The Hall–Kier alpha value is -3.77. The van der Waals surface area contributed by atoms with Crippen molar-refractivity contribution in [2.45, 2.75) is 46.5 Å². The van der Waals surface area contributed by atoms with E-state index in [0.717, 1.165) is 63.3 Å². The van der Waals surface area contributed by atoms with Crippen LogP contribution in [-0.4, -0.2) is 23.3 Å². The monoisotopic (exact) mass is 509 g/mol. The number of aryl methyl sites for hydroxylation is 3. The van der Waals surface area contributed by atoms with Crippen LogP contribution in [0.3, 0.4) is 0 Å². The first-order valence-corrected chi connectivity index (χ1v) is 13.7. The van der Waals surface area contributed by atoms with Crippen molar-refractivity contribution in [3.8, 4) is 11.3 Å². The molecule has 1 aliphatic rings. The maximum absolute atomic E-state index is 13.3. The maximum Gasteiger partial charge on any atom is 0.258 e. The normalized spacial score (nSPS) is 12.5. The SMILES string of the molecule is CCc1cccc(CC(=O)Nc2nc(-c3ccc4c(c3)CCN4C(=O)c3ccccc3CC)c(C)s2)c1. The lowest BCUT2D eigenvalue weighted by Gasteiger charge is -2.19. The van der Waals surface area contributed by atoms with Crippen molar-refractivity contribution in [2.24, 2.45) is 0 Å². The smallest absolute Gasteiger partial charge is 0.258 e. The number of anilines is 2. The Morgan fingerprint density at radius 1 is 0.973 bits per heavy atom. The Kier molecular flexibility index (Phi) is 7.19. The molecule has 0 saturated heterocycles. The molecule has 2 amide bonds. The van der Waals surface area contributed by atoms with Crippen LogP contribution in [0.2, 0.25) is 0 Å². The molecule has 37 heavy (non-hydrogen) atoms. The number of nitrogens with one attached hydrogen (secondary N) is 1. The average Bonchev–Trinajstić information content (AvgIpc) is 3.50. The van der Waals surface area contributed by atoms with Gasteiger partial charge in [0, 0.05) is 28.2 Å². The number of hydrogen-bond acceptors (Lipinski definition) is 4. The molecule has 0 fully saturated rings. The first-order valence-electron chi connectivity index (χ1n) is 12.8. The fraction of sp³-hybridized carbons (Fsp3) is 0.258. The number of hydrogen-bond donors (Lipinski definition) is 1. The lowest BCUT2D eigenvalue weighted by atomic mass is 10.0. The van der Waals surface area contributed by atoms with Gasteiger partial charge in [0.2, 0.25) is 5.91 Å². The van der Waals surface area contributed by atoms with Crippen molar-refractivity contribution in [3.63, 3.8) is 0 Å². The van der Waals surface area contributed by atoms with E-state index in [0.29, 0.717) is 18.1 Å². The second kappa shape index (κ2) is 10.7. The number of carbonyl (C=O) groups is 2. The van der Waals surface area contributed by atoms with Crippen LogP contribution in [-0.2, 0) is 30.5 Å². The number of carbonyl (C=O) groups excluding carboxylic acids is 2. The lowest BCUT2D eigenvalue weighted by Crippen LogP contribution is -2.29. The highest BCUT2D eigenvalue weighted by Crippen LogP contribution is 2.36. The minimum absolute atomic E-state index is 0.0586. The summed E-state index contributed by atoms with van der Waals surface area (Å²) in [6.45, 7) is 6.89. The molecule has 6 heteroatoms. The van der Waals surface area contributed by atoms with Gasteiger partial charge in [0.05, 0.1) is 12.1 Å². The quantitative estimate of drug-likeness (QED) is 0.304. The van der Waals surface area contributed by atoms with Gasteiger partial charge in [0.15, 0.2) is 5.13 Å². The molecule has 2 heterocycles. The largest absolute Gasteiger partial charge is 0.308 e. The molecule has 1 N–H and O–H groups in total. The standard InChI is InChI=1S/C31H31N3O2S/c1-4-21-9-8-10-22(17-21)18-28(35)32-31-33-29(20(3)37-31)25-13-14-27-24(19-25)15-16-34(27)30(36)26-12-7-6-11-23(26)5-2/h6-14,17,19H,4-5,15-16,18H2,1-3H3,(H,32,33,35). The van der Waals surface area contributed by atoms with Crippen LogP contribution in [0.1, 0.15) is 51.3 Å². The van der Waals surface area contributed by atoms with Crippen molar-refractivity contribution in [1.29, 1.82) is 0 Å². The number of nitrogens with zero attached hydrogens (tertiary/aromatic N) is 2. The van der Waals surface area contributed by atoms with Crippen LogP contribution in [0, 0.1) is 6.92 Å². The summed E-state index contributed by atoms with van der Waals surface area (Å²) in [6.07, 6.45) is 2.91. The molecule has 1 aromatic heterocycles. The number of benzene rings is 3. The number of rotatable bonds is 7. The van der Waals surface area contributed by atoms with E-state index in [1.165, 1.54) is 16.9 Å². The van der Waals surface area contributed by atoms with Crippen LogP contribution in [0.15, 0.2) is 66.7 Å². The van der Waals surface area contributed by atoms with Gasteiger partial charge in [-0.3, -0.25) is 9.59 Å². The third-order valence-electron chi connectivity index (χ3n) is 6.93. The van der Waals surface area contributed by atoms with Gasteiger partial charge in [-0.15, -0.1) is 11.3 Å². The van der Waals surface area contributed by atoms with Gasteiger partial charge < -0.3 is 10.2 Å². The van der Waals surface area contributed by atoms with E-state index < -0.39 is 0 Å². The molecule has 0 saturated carbocycles. The van der Waals surface area contributed by atoms with E-state index in [9.17, 15) is 9.59 Å². The van der Waals surface area contributed by atoms with Gasteiger partial charge in [0.25, 0.3) is 5.91 Å². The Labute approximate surface area is 222 Å². The fourth-order valence-corrected chi connectivity index (χ4v) is 5.82. The van der Waals surface area contributed by atoms with Crippen LogP contribution in [0.4, 0.5) is 10.8 Å². The first-order chi connectivity index (χ1) is 18.0. The van der Waals surface area contributed by atoms with E-state index in [2.05, 4.69) is 37.4 Å². The molecule has 0 aliphatic carbocycles. The predicted octanol–water partition coefficient (Wildman–Crippen LogP) is 6.63. The highest BCUT2D eigenvalue weighted by Gasteiger charge is 2.27. The number of fused-ring (bicyclic) bond motifs is 1. The van der Waals surface area contributed by atoms with Gasteiger partial charge in [-0.2, -0.15) is 0 Å². The van der Waals surface area contributed by atoms with Crippen molar-refractivity contribution in [2.75, 3.05) is 16.8 Å². The van der Waals surface area contributed by atoms with Gasteiger partial charge in [-0.1, -0.05) is 62.4 Å². The van der Waals surface area contributed by atoms with Crippen LogP contribution < -0.4 is 10.2 Å². The average molecular weight is 510 g/mol. The van der Waals surface area contributed by atoms with Crippen molar-refractivity contribution < 1.29 is 9.59 Å². The van der Waals surface area contributed by atoms with Crippen molar-refractivity contribution >= 4 is 34.0 Å². The molecule has 0 bridgehead atoms. The molecular weight excluding hydrogens is 478 g/mol. The number of thiazole rings is 1. The van der Waals surface area contributed by atoms with Gasteiger partial charge in [-0.25, -0.2) is 4.98 Å². The minimum atomic E-state index is -0.0657. The zero-order valence-electron chi connectivity index (χ0n) is 21.5. The predicted molar refractivity (Wildman–Crippen MR) is 152 cm³/mol. The van der Waals surface area contributed by atoms with Crippen LogP contribution in [0.25, 0.3) is 11.3 Å². The third-order valence-corrected chi connectivity index (χ3v) is 7.82. The molecule has 4 aromatic rings. The minimum Gasteiger partial charge on any atom is -0.308 e. The van der Waals surface area contributed by atoms with E-state index >= 15 is 0 Å². The summed E-state index contributed by atoms with van der Waals surface area (Å²) in [7, 11) is 0. The second-order valence-corrected chi connectivity index (χ2v) is 10.6. The summed E-state index contributed by atoms with van der Waals surface area (Å²) in [5.41, 5.74) is 8.07. The van der Waals surface area contributed by atoms with Crippen molar-refractivity contribution in [3.05, 3.63) is 99.4 Å². The zero-order valence-corrected chi connectivity index (χ0v) is 22.3. The summed E-state index contributed by atoms with van der Waals surface area (Å²) in [5, 5.41) is 3.59. The number of amides is 2. The molecule has 5 rings (SSSR count). The summed E-state index contributed by atoms with van der Waals surface area (Å²) in [4.78, 5) is 33.7. The number of aromatic nitrogens is 1. The molecule has 0 unspecified atom stereocenters. The Bertz CT molecular complexity index is 1470. The Balaban J connectivity index is 1.32. The highest BCUT2D eigenvalue weighted by molar-refractivity contribution is 7.16. The third kappa shape index (κ3) is 5.20. The molecule has 5 nitrogen and oxygen atoms in total. The molecular formula is C31H31N3O2S. The van der Waals surface area contributed by atoms with E-state index in [4.69, 9.17) is 4.98 Å². The Morgan fingerprint density at radius 3 is 2.59 bits per heavy atom. The van der Waals surface area contributed by atoms with Gasteiger partial charge in [-0.05, 0) is 66.6 Å². The molecule has 3 aromatic carbocycles.